The molecule has 0 saturated carbocycles. The number of hydrogen-bond donors (Lipinski definition) is 1. The van der Waals surface area contributed by atoms with Crippen LogP contribution in [0.2, 0.25) is 0 Å². The van der Waals surface area contributed by atoms with Crippen LogP contribution >= 0.6 is 0 Å². The van der Waals surface area contributed by atoms with Gasteiger partial charge in [0.2, 0.25) is 0 Å². The highest BCUT2D eigenvalue weighted by Crippen LogP contribution is 2.20. The Labute approximate surface area is 180 Å². The Morgan fingerprint density at radius 2 is 1.37 bits per heavy atom. The predicted octanol–water partition coefficient (Wildman–Crippen LogP) is 3.74. The van der Waals surface area contributed by atoms with Crippen molar-refractivity contribution in [1.29, 1.82) is 0 Å². The van der Waals surface area contributed by atoms with Gasteiger partial charge in [-0.3, -0.25) is 4.79 Å². The summed E-state index contributed by atoms with van der Waals surface area (Å²) >= 11 is 0. The molecule has 2 aliphatic rings. The molecule has 8 heteroatoms. The SMILES string of the molecule is CC1CC(=O)CCN1C(=O)OC(C)(C)C.CC1CC(O)CCN1C(=O)OC(C)(C)C. The molecule has 3 atom stereocenters. The van der Waals surface area contributed by atoms with Gasteiger partial charge in [0.15, 0.2) is 0 Å². The number of rotatable bonds is 0. The lowest BCUT2D eigenvalue weighted by atomic mass is 10.0. The summed E-state index contributed by atoms with van der Waals surface area (Å²) in [6, 6.07) is 0.0182. The maximum Gasteiger partial charge on any atom is 0.410 e. The van der Waals surface area contributed by atoms with E-state index in [-0.39, 0.29) is 36.2 Å². The Kier molecular flexibility index (Phi) is 9.14. The third-order valence-electron chi connectivity index (χ3n) is 4.79. The minimum Gasteiger partial charge on any atom is -0.444 e. The summed E-state index contributed by atoms with van der Waals surface area (Å²) in [5.74, 6) is 0.224. The Hall–Kier alpha value is -1.83. The average Bonchev–Trinajstić information content (AvgIpc) is 2.51. The maximum atomic E-state index is 11.8. The number of piperidine rings is 2. The molecule has 8 nitrogen and oxygen atoms in total. The van der Waals surface area contributed by atoms with E-state index >= 15 is 0 Å². The van der Waals surface area contributed by atoms with Crippen molar-refractivity contribution in [2.45, 2.75) is 110 Å². The first-order valence-electron chi connectivity index (χ1n) is 10.8. The van der Waals surface area contributed by atoms with Gasteiger partial charge in [0.25, 0.3) is 0 Å². The lowest BCUT2D eigenvalue weighted by Gasteiger charge is -2.36. The number of amides is 2. The lowest BCUT2D eigenvalue weighted by Crippen LogP contribution is -2.47. The molecule has 0 aromatic heterocycles. The first kappa shape index (κ1) is 26.2. The van der Waals surface area contributed by atoms with Gasteiger partial charge in [0.1, 0.15) is 17.0 Å². The molecule has 2 saturated heterocycles. The van der Waals surface area contributed by atoms with Gasteiger partial charge in [-0.2, -0.15) is 0 Å². The molecule has 0 aliphatic carbocycles. The summed E-state index contributed by atoms with van der Waals surface area (Å²) < 4.78 is 10.5. The summed E-state index contributed by atoms with van der Waals surface area (Å²) in [7, 11) is 0. The van der Waals surface area contributed by atoms with E-state index in [1.54, 1.807) is 9.80 Å². The maximum absolute atomic E-state index is 11.8. The average molecular weight is 429 g/mol. The van der Waals surface area contributed by atoms with E-state index in [9.17, 15) is 19.5 Å². The fourth-order valence-corrected chi connectivity index (χ4v) is 3.34. The predicted molar refractivity (Wildman–Crippen MR) is 114 cm³/mol. The third kappa shape index (κ3) is 9.32. The molecule has 3 unspecified atom stereocenters. The Morgan fingerprint density at radius 3 is 1.77 bits per heavy atom. The number of aliphatic hydroxyl groups excluding tert-OH is 1. The summed E-state index contributed by atoms with van der Waals surface area (Å²) in [5, 5.41) is 9.43. The fraction of sp³-hybridized carbons (Fsp3) is 0.864. The molecule has 2 heterocycles. The molecule has 30 heavy (non-hydrogen) atoms. The quantitative estimate of drug-likeness (QED) is 0.631. The van der Waals surface area contributed by atoms with Gasteiger partial charge in [-0.05, 0) is 68.2 Å². The molecular formula is C22H40N2O6. The highest BCUT2D eigenvalue weighted by molar-refractivity contribution is 5.82. The number of ketones is 1. The molecule has 0 aromatic rings. The summed E-state index contributed by atoms with van der Waals surface area (Å²) in [5.41, 5.74) is -0.925. The van der Waals surface area contributed by atoms with Crippen molar-refractivity contribution < 1.29 is 29.0 Å². The zero-order valence-electron chi connectivity index (χ0n) is 19.9. The van der Waals surface area contributed by atoms with Crippen LogP contribution in [0.3, 0.4) is 0 Å². The van der Waals surface area contributed by atoms with Gasteiger partial charge in [0, 0.05) is 38.0 Å². The molecule has 0 bridgehead atoms. The van der Waals surface area contributed by atoms with Crippen LogP contribution < -0.4 is 0 Å². The van der Waals surface area contributed by atoms with E-state index in [0.29, 0.717) is 38.8 Å². The van der Waals surface area contributed by atoms with Crippen LogP contribution in [0, 0.1) is 0 Å². The molecular weight excluding hydrogens is 388 g/mol. The minimum atomic E-state index is -0.474. The third-order valence-corrected chi connectivity index (χ3v) is 4.79. The van der Waals surface area contributed by atoms with Crippen molar-refractivity contribution >= 4 is 18.0 Å². The van der Waals surface area contributed by atoms with E-state index in [1.165, 1.54) is 0 Å². The summed E-state index contributed by atoms with van der Waals surface area (Å²) in [6.45, 7) is 16.0. The van der Waals surface area contributed by atoms with E-state index < -0.39 is 11.2 Å². The number of nitrogens with zero attached hydrogens (tertiary/aromatic N) is 2. The van der Waals surface area contributed by atoms with Gasteiger partial charge in [-0.1, -0.05) is 0 Å². The molecule has 2 amide bonds. The molecule has 2 rings (SSSR count). The standard InChI is InChI=1S/C11H21NO3.C11H19NO3/c2*1-8-7-9(13)5-6-12(8)10(14)15-11(2,3)4/h8-9,13H,5-7H2,1-4H3;8H,5-7H2,1-4H3. The zero-order valence-corrected chi connectivity index (χ0v) is 19.9. The van der Waals surface area contributed by atoms with Crippen LogP contribution in [-0.2, 0) is 14.3 Å². The first-order valence-corrected chi connectivity index (χ1v) is 10.8. The number of ether oxygens (including phenoxy) is 2. The van der Waals surface area contributed by atoms with Crippen LogP contribution in [0.25, 0.3) is 0 Å². The normalized spacial score (nSPS) is 25.2. The summed E-state index contributed by atoms with van der Waals surface area (Å²) in [4.78, 5) is 37.9. The van der Waals surface area contributed by atoms with Crippen molar-refractivity contribution in [3.8, 4) is 0 Å². The molecule has 0 radical (unpaired) electrons. The van der Waals surface area contributed by atoms with Crippen LogP contribution in [0.4, 0.5) is 9.59 Å². The fourth-order valence-electron chi connectivity index (χ4n) is 3.34. The topological polar surface area (TPSA) is 96.4 Å². The second-order valence-electron chi connectivity index (χ2n) is 10.2. The smallest absolute Gasteiger partial charge is 0.410 e. The molecule has 1 N–H and O–H groups in total. The first-order chi connectivity index (χ1) is 13.6. The van der Waals surface area contributed by atoms with Gasteiger partial charge in [0.05, 0.1) is 6.10 Å². The van der Waals surface area contributed by atoms with E-state index in [0.717, 1.165) is 0 Å². The van der Waals surface area contributed by atoms with Crippen LogP contribution in [0.1, 0.15) is 81.1 Å². The van der Waals surface area contributed by atoms with Gasteiger partial charge >= 0.3 is 12.2 Å². The largest absolute Gasteiger partial charge is 0.444 e. The highest BCUT2D eigenvalue weighted by atomic mass is 16.6. The molecule has 2 fully saturated rings. The van der Waals surface area contributed by atoms with Crippen molar-refractivity contribution in [2.75, 3.05) is 13.1 Å². The number of aliphatic hydroxyl groups is 1. The highest BCUT2D eigenvalue weighted by Gasteiger charge is 2.31. The van der Waals surface area contributed by atoms with Crippen molar-refractivity contribution in [1.82, 2.24) is 9.80 Å². The number of carbonyl (C=O) groups is 3. The van der Waals surface area contributed by atoms with E-state index in [1.807, 2.05) is 55.4 Å². The van der Waals surface area contributed by atoms with E-state index in [2.05, 4.69) is 0 Å². The monoisotopic (exact) mass is 428 g/mol. The van der Waals surface area contributed by atoms with Crippen LogP contribution in [-0.4, -0.2) is 75.4 Å². The van der Waals surface area contributed by atoms with Gasteiger partial charge in [-0.25, -0.2) is 9.59 Å². The molecule has 174 valence electrons. The molecule has 2 aliphatic heterocycles. The molecule has 0 spiro atoms. The Balaban J connectivity index is 0.000000300. The lowest BCUT2D eigenvalue weighted by molar-refractivity contribution is -0.122. The Bertz CT molecular complexity index is 608. The number of Topliss-reactive ketones (excluding diaryl/α,β-unsaturated/α-hetero) is 1. The van der Waals surface area contributed by atoms with Gasteiger partial charge in [-0.15, -0.1) is 0 Å². The van der Waals surface area contributed by atoms with Crippen LogP contribution in [0.5, 0.6) is 0 Å². The zero-order chi connectivity index (χ0) is 23.3. The van der Waals surface area contributed by atoms with Crippen molar-refractivity contribution in [3.63, 3.8) is 0 Å². The Morgan fingerprint density at radius 1 is 0.900 bits per heavy atom. The van der Waals surface area contributed by atoms with E-state index in [4.69, 9.17) is 9.47 Å². The van der Waals surface area contributed by atoms with Crippen molar-refractivity contribution in [2.24, 2.45) is 0 Å². The molecule has 0 aromatic carbocycles. The van der Waals surface area contributed by atoms with Gasteiger partial charge < -0.3 is 24.4 Å². The number of likely N-dealkylation sites (tertiary alicyclic amines) is 2. The number of carbonyl (C=O) groups excluding carboxylic acids is 3. The van der Waals surface area contributed by atoms with Crippen LogP contribution in [0.15, 0.2) is 0 Å². The van der Waals surface area contributed by atoms with Crippen molar-refractivity contribution in [3.05, 3.63) is 0 Å². The second kappa shape index (κ2) is 10.5. The number of hydrogen-bond acceptors (Lipinski definition) is 6. The second-order valence-corrected chi connectivity index (χ2v) is 10.2. The minimum absolute atomic E-state index is 0.0406. The summed E-state index contributed by atoms with van der Waals surface area (Å²) in [6.07, 6.45) is 1.30.